The number of aromatic carboxylic acids is 1. The van der Waals surface area contributed by atoms with Crippen molar-refractivity contribution >= 4 is 11.9 Å². The molecule has 19 heavy (non-hydrogen) atoms. The zero-order valence-corrected chi connectivity index (χ0v) is 10.6. The predicted octanol–water partition coefficient (Wildman–Crippen LogP) is 1.22. The number of carboxylic acid groups (broad SMARTS) is 1. The van der Waals surface area contributed by atoms with Gasteiger partial charge in [0, 0.05) is 13.2 Å². The predicted molar refractivity (Wildman–Crippen MR) is 69.1 cm³/mol. The monoisotopic (exact) mass is 263 g/mol. The van der Waals surface area contributed by atoms with E-state index in [1.807, 2.05) is 0 Å². The Kier molecular flexibility index (Phi) is 4.52. The lowest BCUT2D eigenvalue weighted by atomic mass is 10.0. The molecular formula is C14H17NO4. The average molecular weight is 263 g/mol. The Bertz CT molecular complexity index is 466. The quantitative estimate of drug-likeness (QED) is 0.837. The van der Waals surface area contributed by atoms with Crippen LogP contribution in [0.2, 0.25) is 0 Å². The van der Waals surface area contributed by atoms with Crippen LogP contribution in [0.5, 0.6) is 0 Å². The van der Waals surface area contributed by atoms with Gasteiger partial charge in [0.15, 0.2) is 0 Å². The summed E-state index contributed by atoms with van der Waals surface area (Å²) < 4.78 is 5.27. The van der Waals surface area contributed by atoms with Gasteiger partial charge in [-0.05, 0) is 30.9 Å². The lowest BCUT2D eigenvalue weighted by Gasteiger charge is -2.11. The first-order chi connectivity index (χ1) is 9.18. The number of carbonyl (C=O) groups is 2. The average Bonchev–Trinajstić information content (AvgIpc) is 2.93. The van der Waals surface area contributed by atoms with E-state index in [9.17, 15) is 9.59 Å². The molecule has 0 spiro atoms. The van der Waals surface area contributed by atoms with E-state index in [4.69, 9.17) is 9.84 Å². The molecule has 1 saturated heterocycles. The fourth-order valence-corrected chi connectivity index (χ4v) is 2.17. The number of nitrogens with one attached hydrogen (secondary N) is 1. The van der Waals surface area contributed by atoms with Crippen molar-refractivity contribution in [3.05, 3.63) is 35.4 Å². The summed E-state index contributed by atoms with van der Waals surface area (Å²) in [6.45, 7) is 1.06. The summed E-state index contributed by atoms with van der Waals surface area (Å²) in [5.41, 5.74) is 1.01. The molecule has 1 fully saturated rings. The van der Waals surface area contributed by atoms with Crippen LogP contribution >= 0.6 is 0 Å². The van der Waals surface area contributed by atoms with Gasteiger partial charge in [-0.3, -0.25) is 4.79 Å². The van der Waals surface area contributed by atoms with Gasteiger partial charge in [-0.2, -0.15) is 0 Å². The van der Waals surface area contributed by atoms with Crippen LogP contribution in [0.15, 0.2) is 24.3 Å². The molecule has 102 valence electrons. The van der Waals surface area contributed by atoms with E-state index < -0.39 is 5.97 Å². The third-order valence-electron chi connectivity index (χ3n) is 3.16. The maximum Gasteiger partial charge on any atom is 0.335 e. The molecule has 1 aliphatic rings. The largest absolute Gasteiger partial charge is 0.478 e. The molecular weight excluding hydrogens is 246 g/mol. The highest BCUT2D eigenvalue weighted by Crippen LogP contribution is 2.12. The van der Waals surface area contributed by atoms with E-state index in [-0.39, 0.29) is 17.6 Å². The van der Waals surface area contributed by atoms with Crippen LogP contribution in [0.4, 0.5) is 0 Å². The minimum Gasteiger partial charge on any atom is -0.478 e. The van der Waals surface area contributed by atoms with Crippen molar-refractivity contribution in [2.24, 2.45) is 0 Å². The summed E-state index contributed by atoms with van der Waals surface area (Å²) in [5, 5.41) is 11.8. The van der Waals surface area contributed by atoms with E-state index in [0.717, 1.165) is 18.4 Å². The molecule has 0 saturated carbocycles. The molecule has 1 aliphatic heterocycles. The first-order valence-electron chi connectivity index (χ1n) is 6.39. The fourth-order valence-electron chi connectivity index (χ4n) is 2.17. The SMILES string of the molecule is O=C(O)c1ccccc1CCNC(=O)[C@H]1CCCO1. The van der Waals surface area contributed by atoms with Gasteiger partial charge in [-0.1, -0.05) is 18.2 Å². The third-order valence-corrected chi connectivity index (χ3v) is 3.16. The number of ether oxygens (including phenoxy) is 1. The summed E-state index contributed by atoms with van der Waals surface area (Å²) in [5.74, 6) is -1.05. The number of rotatable bonds is 5. The first-order valence-corrected chi connectivity index (χ1v) is 6.39. The van der Waals surface area contributed by atoms with Crippen LogP contribution in [0, 0.1) is 0 Å². The summed E-state index contributed by atoms with van der Waals surface area (Å²) in [7, 11) is 0. The lowest BCUT2D eigenvalue weighted by Crippen LogP contribution is -2.35. The van der Waals surface area contributed by atoms with Crippen LogP contribution < -0.4 is 5.32 Å². The molecule has 0 bridgehead atoms. The second kappa shape index (κ2) is 6.33. The van der Waals surface area contributed by atoms with Crippen LogP contribution in [-0.4, -0.2) is 36.2 Å². The van der Waals surface area contributed by atoms with Gasteiger partial charge in [0.2, 0.25) is 5.91 Å². The molecule has 1 aromatic rings. The molecule has 1 atom stereocenters. The second-order valence-electron chi connectivity index (χ2n) is 4.50. The summed E-state index contributed by atoms with van der Waals surface area (Å²) >= 11 is 0. The Morgan fingerprint density at radius 1 is 1.37 bits per heavy atom. The maximum atomic E-state index is 11.7. The Hall–Kier alpha value is -1.88. The highest BCUT2D eigenvalue weighted by molar-refractivity contribution is 5.89. The topological polar surface area (TPSA) is 75.6 Å². The van der Waals surface area contributed by atoms with Crippen molar-refractivity contribution in [1.29, 1.82) is 0 Å². The number of amides is 1. The standard InChI is InChI=1S/C14H17NO4/c16-13(12-6-3-9-19-12)15-8-7-10-4-1-2-5-11(10)14(17)18/h1-2,4-5,12H,3,6-9H2,(H,15,16)(H,17,18)/t12-/m1/s1. The number of hydrogen-bond acceptors (Lipinski definition) is 3. The zero-order chi connectivity index (χ0) is 13.7. The fraction of sp³-hybridized carbons (Fsp3) is 0.429. The molecule has 1 heterocycles. The zero-order valence-electron chi connectivity index (χ0n) is 10.6. The Morgan fingerprint density at radius 3 is 2.84 bits per heavy atom. The van der Waals surface area contributed by atoms with Crippen molar-refractivity contribution in [1.82, 2.24) is 5.32 Å². The van der Waals surface area contributed by atoms with Crippen molar-refractivity contribution in [2.45, 2.75) is 25.4 Å². The number of carboxylic acids is 1. The van der Waals surface area contributed by atoms with Crippen LogP contribution in [0.25, 0.3) is 0 Å². The van der Waals surface area contributed by atoms with Gasteiger partial charge < -0.3 is 15.2 Å². The van der Waals surface area contributed by atoms with Gasteiger partial charge in [0.05, 0.1) is 5.56 Å². The maximum absolute atomic E-state index is 11.7. The van der Waals surface area contributed by atoms with Crippen molar-refractivity contribution in [3.63, 3.8) is 0 Å². The van der Waals surface area contributed by atoms with Crippen LogP contribution in [0.3, 0.4) is 0 Å². The van der Waals surface area contributed by atoms with Crippen LogP contribution in [0.1, 0.15) is 28.8 Å². The molecule has 2 N–H and O–H groups in total. The van der Waals surface area contributed by atoms with Crippen LogP contribution in [-0.2, 0) is 16.0 Å². The molecule has 0 aliphatic carbocycles. The summed E-state index contributed by atoms with van der Waals surface area (Å²) in [6.07, 6.45) is 1.84. The highest BCUT2D eigenvalue weighted by atomic mass is 16.5. The van der Waals surface area contributed by atoms with Crippen molar-refractivity contribution in [3.8, 4) is 0 Å². The van der Waals surface area contributed by atoms with Gasteiger partial charge in [-0.25, -0.2) is 4.79 Å². The molecule has 1 aromatic carbocycles. The molecule has 0 radical (unpaired) electrons. The third kappa shape index (κ3) is 3.54. The Labute approximate surface area is 111 Å². The van der Waals surface area contributed by atoms with Gasteiger partial charge in [0.1, 0.15) is 6.10 Å². The van der Waals surface area contributed by atoms with E-state index in [1.165, 1.54) is 0 Å². The smallest absolute Gasteiger partial charge is 0.335 e. The minimum atomic E-state index is -0.943. The van der Waals surface area contributed by atoms with Crippen molar-refractivity contribution < 1.29 is 19.4 Å². The van der Waals surface area contributed by atoms with Crippen molar-refractivity contribution in [2.75, 3.05) is 13.2 Å². The number of hydrogen-bond donors (Lipinski definition) is 2. The lowest BCUT2D eigenvalue weighted by molar-refractivity contribution is -0.129. The summed E-state index contributed by atoms with van der Waals surface area (Å²) in [4.78, 5) is 22.7. The van der Waals surface area contributed by atoms with Gasteiger partial charge >= 0.3 is 5.97 Å². The van der Waals surface area contributed by atoms with E-state index in [2.05, 4.69) is 5.32 Å². The summed E-state index contributed by atoms with van der Waals surface area (Å²) in [6, 6.07) is 6.82. The van der Waals surface area contributed by atoms with E-state index in [0.29, 0.717) is 19.6 Å². The number of benzene rings is 1. The van der Waals surface area contributed by atoms with E-state index in [1.54, 1.807) is 24.3 Å². The molecule has 5 heteroatoms. The Balaban J connectivity index is 1.85. The van der Waals surface area contributed by atoms with E-state index >= 15 is 0 Å². The normalized spacial score (nSPS) is 18.2. The molecule has 5 nitrogen and oxygen atoms in total. The molecule has 0 aromatic heterocycles. The Morgan fingerprint density at radius 2 is 2.16 bits per heavy atom. The second-order valence-corrected chi connectivity index (χ2v) is 4.50. The van der Waals surface area contributed by atoms with Gasteiger partial charge in [0.25, 0.3) is 0 Å². The molecule has 2 rings (SSSR count). The molecule has 1 amide bonds. The molecule has 0 unspecified atom stereocenters. The van der Waals surface area contributed by atoms with Gasteiger partial charge in [-0.15, -0.1) is 0 Å². The first kappa shape index (κ1) is 13.5. The number of carbonyl (C=O) groups excluding carboxylic acids is 1. The highest BCUT2D eigenvalue weighted by Gasteiger charge is 2.22. The minimum absolute atomic E-state index is 0.106.